The van der Waals surface area contributed by atoms with Gasteiger partial charge in [-0.15, -0.1) is 11.3 Å². The molecule has 0 spiro atoms. The van der Waals surface area contributed by atoms with Gasteiger partial charge in [-0.1, -0.05) is 18.5 Å². The van der Waals surface area contributed by atoms with Gasteiger partial charge in [0.2, 0.25) is 5.91 Å². The summed E-state index contributed by atoms with van der Waals surface area (Å²) in [4.78, 5) is 32.0. The molecule has 0 saturated heterocycles. The highest BCUT2D eigenvalue weighted by Crippen LogP contribution is 2.35. The Hall–Kier alpha value is -2.38. The molecule has 28 heavy (non-hydrogen) atoms. The first-order valence-electron chi connectivity index (χ1n) is 9.09. The van der Waals surface area contributed by atoms with Crippen molar-refractivity contribution < 1.29 is 9.53 Å². The Morgan fingerprint density at radius 3 is 3.07 bits per heavy atom. The minimum absolute atomic E-state index is 0.127. The van der Waals surface area contributed by atoms with Gasteiger partial charge in [-0.05, 0) is 48.9 Å². The van der Waals surface area contributed by atoms with Crippen LogP contribution in [0.5, 0.6) is 5.75 Å². The van der Waals surface area contributed by atoms with Crippen LogP contribution in [0.3, 0.4) is 0 Å². The van der Waals surface area contributed by atoms with Crippen molar-refractivity contribution in [1.82, 2.24) is 9.55 Å². The van der Waals surface area contributed by atoms with Crippen molar-refractivity contribution in [3.8, 4) is 5.75 Å². The van der Waals surface area contributed by atoms with Crippen LogP contribution in [0.4, 0.5) is 5.69 Å². The lowest BCUT2D eigenvalue weighted by atomic mass is 9.89. The number of fused-ring (bicyclic) bond motifs is 3. The van der Waals surface area contributed by atoms with Crippen molar-refractivity contribution in [3.05, 3.63) is 50.3 Å². The molecule has 1 atom stereocenters. The molecule has 0 fully saturated rings. The van der Waals surface area contributed by atoms with Gasteiger partial charge in [0.05, 0.1) is 24.5 Å². The average Bonchev–Trinajstić information content (AvgIpc) is 3.02. The molecule has 0 unspecified atom stereocenters. The fourth-order valence-corrected chi connectivity index (χ4v) is 5.11. The number of aromatic nitrogens is 2. The summed E-state index contributed by atoms with van der Waals surface area (Å²) in [7, 11) is 1.52. The molecule has 1 aromatic carbocycles. The van der Waals surface area contributed by atoms with Crippen LogP contribution in [0.25, 0.3) is 10.2 Å². The molecule has 146 valence electrons. The number of rotatable bonds is 4. The van der Waals surface area contributed by atoms with Gasteiger partial charge in [-0.25, -0.2) is 4.98 Å². The predicted octanol–water partition coefficient (Wildman–Crippen LogP) is 3.88. The molecule has 1 aliphatic carbocycles. The standard InChI is InChI=1S/C20H20ClN3O3S/c1-11-3-5-13-16(7-11)28-19-18(13)20(26)24(10-22-19)9-17(25)23-14-8-12(21)4-6-15(14)27-2/h4,6,8,10-11H,3,5,7,9H2,1-2H3,(H,23,25)/t11-/m0/s1. The first kappa shape index (κ1) is 19.0. The highest BCUT2D eigenvalue weighted by atomic mass is 35.5. The summed E-state index contributed by atoms with van der Waals surface area (Å²) in [5, 5.41) is 3.91. The topological polar surface area (TPSA) is 73.2 Å². The molecule has 2 heterocycles. The number of nitrogens with zero attached hydrogens (tertiary/aromatic N) is 2. The van der Waals surface area contributed by atoms with Crippen LogP contribution in [0.15, 0.2) is 29.3 Å². The Kier molecular flexibility index (Phi) is 5.12. The summed E-state index contributed by atoms with van der Waals surface area (Å²) in [6, 6.07) is 4.97. The number of ether oxygens (including phenoxy) is 1. The number of nitrogens with one attached hydrogen (secondary N) is 1. The number of thiophene rings is 1. The third-order valence-corrected chi connectivity index (χ3v) is 6.43. The molecule has 0 saturated carbocycles. The number of amides is 1. The largest absolute Gasteiger partial charge is 0.495 e. The molecule has 0 aliphatic heterocycles. The third-order valence-electron chi connectivity index (χ3n) is 5.03. The van der Waals surface area contributed by atoms with Crippen LogP contribution in [-0.2, 0) is 24.2 Å². The molecule has 1 amide bonds. The Morgan fingerprint density at radius 2 is 2.29 bits per heavy atom. The van der Waals surface area contributed by atoms with E-state index >= 15 is 0 Å². The Bertz CT molecular complexity index is 1120. The number of methoxy groups -OCH3 is 1. The van der Waals surface area contributed by atoms with Gasteiger partial charge in [-0.2, -0.15) is 0 Å². The van der Waals surface area contributed by atoms with Crippen LogP contribution >= 0.6 is 22.9 Å². The van der Waals surface area contributed by atoms with Crippen LogP contribution < -0.4 is 15.6 Å². The normalized spacial score (nSPS) is 16.0. The smallest absolute Gasteiger partial charge is 0.262 e. The van der Waals surface area contributed by atoms with E-state index in [1.54, 1.807) is 29.5 Å². The van der Waals surface area contributed by atoms with Gasteiger partial charge in [0.1, 0.15) is 17.1 Å². The van der Waals surface area contributed by atoms with Gasteiger partial charge >= 0.3 is 0 Å². The van der Waals surface area contributed by atoms with Crippen molar-refractivity contribution >= 4 is 44.7 Å². The van der Waals surface area contributed by atoms with Crippen LogP contribution in [0, 0.1) is 5.92 Å². The summed E-state index contributed by atoms with van der Waals surface area (Å²) in [5.74, 6) is 0.780. The Balaban J connectivity index is 1.62. The monoisotopic (exact) mass is 417 g/mol. The summed E-state index contributed by atoms with van der Waals surface area (Å²) in [6.07, 6.45) is 4.40. The first-order valence-corrected chi connectivity index (χ1v) is 10.3. The zero-order valence-corrected chi connectivity index (χ0v) is 17.2. The lowest BCUT2D eigenvalue weighted by Gasteiger charge is -2.17. The molecular weight excluding hydrogens is 398 g/mol. The third kappa shape index (κ3) is 3.52. The van der Waals surface area contributed by atoms with Crippen molar-refractivity contribution in [3.63, 3.8) is 0 Å². The lowest BCUT2D eigenvalue weighted by Crippen LogP contribution is -2.28. The van der Waals surface area contributed by atoms with E-state index in [1.807, 2.05) is 0 Å². The second-order valence-corrected chi connectivity index (χ2v) is 8.62. The first-order chi connectivity index (χ1) is 13.5. The van der Waals surface area contributed by atoms with Crippen molar-refractivity contribution in [2.24, 2.45) is 5.92 Å². The van der Waals surface area contributed by atoms with E-state index in [2.05, 4.69) is 17.2 Å². The minimum Gasteiger partial charge on any atom is -0.495 e. The molecule has 0 radical (unpaired) electrons. The maximum Gasteiger partial charge on any atom is 0.262 e. The van der Waals surface area contributed by atoms with Crippen LogP contribution in [-0.4, -0.2) is 22.6 Å². The number of halogens is 1. The van der Waals surface area contributed by atoms with E-state index in [9.17, 15) is 9.59 Å². The molecule has 6 nitrogen and oxygen atoms in total. The quantitative estimate of drug-likeness (QED) is 0.699. The summed E-state index contributed by atoms with van der Waals surface area (Å²) in [5.41, 5.74) is 1.41. The van der Waals surface area contributed by atoms with E-state index in [-0.39, 0.29) is 18.0 Å². The van der Waals surface area contributed by atoms with Gasteiger partial charge in [0.25, 0.3) is 5.56 Å². The van der Waals surface area contributed by atoms with Gasteiger partial charge in [-0.3, -0.25) is 14.2 Å². The second-order valence-electron chi connectivity index (χ2n) is 7.10. The van der Waals surface area contributed by atoms with Gasteiger partial charge < -0.3 is 10.1 Å². The number of carbonyl (C=O) groups excluding carboxylic acids is 1. The average molecular weight is 418 g/mol. The Labute approximate surface area is 171 Å². The number of hydrogen-bond donors (Lipinski definition) is 1. The van der Waals surface area contributed by atoms with Gasteiger partial charge in [0.15, 0.2) is 0 Å². The number of hydrogen-bond acceptors (Lipinski definition) is 5. The van der Waals surface area contributed by atoms with Crippen molar-refractivity contribution in [2.75, 3.05) is 12.4 Å². The highest BCUT2D eigenvalue weighted by molar-refractivity contribution is 7.18. The molecule has 1 N–H and O–H groups in total. The number of carbonyl (C=O) groups is 1. The fourth-order valence-electron chi connectivity index (χ4n) is 3.60. The van der Waals surface area contributed by atoms with Crippen molar-refractivity contribution in [2.45, 2.75) is 32.7 Å². The van der Waals surface area contributed by atoms with Crippen LogP contribution in [0.2, 0.25) is 5.02 Å². The molecule has 2 aromatic heterocycles. The van der Waals surface area contributed by atoms with E-state index in [1.165, 1.54) is 22.9 Å². The fraction of sp³-hybridized carbons (Fsp3) is 0.350. The summed E-state index contributed by atoms with van der Waals surface area (Å²) < 4.78 is 6.60. The molecule has 0 bridgehead atoms. The van der Waals surface area contributed by atoms with E-state index in [4.69, 9.17) is 16.3 Å². The zero-order valence-electron chi connectivity index (χ0n) is 15.6. The lowest BCUT2D eigenvalue weighted by molar-refractivity contribution is -0.116. The predicted molar refractivity (Wildman–Crippen MR) is 112 cm³/mol. The van der Waals surface area contributed by atoms with Crippen molar-refractivity contribution in [1.29, 1.82) is 0 Å². The van der Waals surface area contributed by atoms with E-state index in [0.29, 0.717) is 27.8 Å². The molecular formula is C20H20ClN3O3S. The maximum absolute atomic E-state index is 13.0. The van der Waals surface area contributed by atoms with E-state index < -0.39 is 0 Å². The number of benzene rings is 1. The van der Waals surface area contributed by atoms with Crippen LogP contribution in [0.1, 0.15) is 23.8 Å². The zero-order chi connectivity index (χ0) is 19.8. The SMILES string of the molecule is COc1ccc(Cl)cc1NC(=O)Cn1cnc2sc3c(c2c1=O)CC[C@H](C)C3. The Morgan fingerprint density at radius 1 is 1.46 bits per heavy atom. The maximum atomic E-state index is 13.0. The van der Waals surface area contributed by atoms with E-state index in [0.717, 1.165) is 29.7 Å². The van der Waals surface area contributed by atoms with Gasteiger partial charge in [0, 0.05) is 9.90 Å². The molecule has 3 aromatic rings. The minimum atomic E-state index is -0.346. The summed E-state index contributed by atoms with van der Waals surface area (Å²) in [6.45, 7) is 2.10. The summed E-state index contributed by atoms with van der Waals surface area (Å²) >= 11 is 7.60. The second kappa shape index (κ2) is 7.56. The number of anilines is 1. The molecule has 4 rings (SSSR count). The molecule has 1 aliphatic rings. The number of aryl methyl sites for hydroxylation is 1. The highest BCUT2D eigenvalue weighted by Gasteiger charge is 2.23. The molecule has 8 heteroatoms.